The number of aromatic nitrogens is 1. The minimum Gasteiger partial charge on any atom is -0.345 e. The second kappa shape index (κ2) is 7.08. The molecule has 1 aromatic heterocycles. The summed E-state index contributed by atoms with van der Waals surface area (Å²) in [6.07, 6.45) is 2.18. The summed E-state index contributed by atoms with van der Waals surface area (Å²) >= 11 is 0. The molecule has 1 aliphatic rings. The van der Waals surface area contributed by atoms with Gasteiger partial charge in [-0.05, 0) is 55.2 Å². The molecule has 29 heavy (non-hydrogen) atoms. The highest BCUT2D eigenvalue weighted by Gasteiger charge is 2.32. The van der Waals surface area contributed by atoms with E-state index in [0.717, 1.165) is 16.7 Å². The highest BCUT2D eigenvalue weighted by Crippen LogP contribution is 2.33. The highest BCUT2D eigenvalue weighted by atomic mass is 32.2. The maximum atomic E-state index is 13.2. The Morgan fingerprint density at radius 2 is 1.83 bits per heavy atom. The molecule has 7 heteroatoms. The van der Waals surface area contributed by atoms with E-state index in [9.17, 15) is 13.2 Å². The zero-order valence-corrected chi connectivity index (χ0v) is 17.5. The van der Waals surface area contributed by atoms with Crippen LogP contribution in [-0.2, 0) is 23.5 Å². The molecule has 3 aromatic rings. The molecule has 1 aliphatic heterocycles. The van der Waals surface area contributed by atoms with Crippen molar-refractivity contribution in [3.05, 3.63) is 77.1 Å². The van der Waals surface area contributed by atoms with Gasteiger partial charge in [0.15, 0.2) is 0 Å². The third kappa shape index (κ3) is 3.42. The van der Waals surface area contributed by atoms with Crippen molar-refractivity contribution < 1.29 is 13.2 Å². The second-order valence-corrected chi connectivity index (χ2v) is 9.26. The molecule has 2 aromatic carbocycles. The van der Waals surface area contributed by atoms with Crippen molar-refractivity contribution in [2.75, 3.05) is 16.2 Å². The van der Waals surface area contributed by atoms with Crippen LogP contribution in [0.1, 0.15) is 27.2 Å². The largest absolute Gasteiger partial charge is 0.345 e. The minimum atomic E-state index is -3.74. The SMILES string of the molecule is Cc1ccc(C)c(NC(=O)c2cc(S(=O)(=O)N3CCc4ccccc43)cn2C)c1. The fourth-order valence-corrected chi connectivity index (χ4v) is 5.22. The van der Waals surface area contributed by atoms with Gasteiger partial charge >= 0.3 is 0 Å². The van der Waals surface area contributed by atoms with E-state index in [4.69, 9.17) is 0 Å². The van der Waals surface area contributed by atoms with E-state index < -0.39 is 10.0 Å². The molecule has 6 nitrogen and oxygen atoms in total. The number of rotatable bonds is 4. The number of fused-ring (bicyclic) bond motifs is 1. The molecule has 0 spiro atoms. The van der Waals surface area contributed by atoms with Crippen molar-refractivity contribution in [1.29, 1.82) is 0 Å². The van der Waals surface area contributed by atoms with Crippen molar-refractivity contribution >= 4 is 27.3 Å². The number of hydrogen-bond acceptors (Lipinski definition) is 3. The monoisotopic (exact) mass is 409 g/mol. The Labute approximate surface area is 170 Å². The molecular weight excluding hydrogens is 386 g/mol. The molecule has 4 rings (SSSR count). The molecule has 0 radical (unpaired) electrons. The zero-order chi connectivity index (χ0) is 20.8. The van der Waals surface area contributed by atoms with Gasteiger partial charge in [-0.1, -0.05) is 30.3 Å². The summed E-state index contributed by atoms with van der Waals surface area (Å²) in [5.74, 6) is -0.343. The van der Waals surface area contributed by atoms with Crippen LogP contribution in [0.25, 0.3) is 0 Å². The van der Waals surface area contributed by atoms with E-state index in [1.54, 1.807) is 11.6 Å². The number of sulfonamides is 1. The smallest absolute Gasteiger partial charge is 0.272 e. The molecule has 150 valence electrons. The summed E-state index contributed by atoms with van der Waals surface area (Å²) in [4.78, 5) is 12.9. The first-order valence-electron chi connectivity index (χ1n) is 9.43. The van der Waals surface area contributed by atoms with Gasteiger partial charge in [0.05, 0.1) is 5.69 Å². The van der Waals surface area contributed by atoms with Crippen LogP contribution in [-0.4, -0.2) is 25.4 Å². The van der Waals surface area contributed by atoms with Crippen molar-refractivity contribution in [2.24, 2.45) is 7.05 Å². The zero-order valence-electron chi connectivity index (χ0n) is 16.6. The van der Waals surface area contributed by atoms with Crippen LogP contribution in [0.2, 0.25) is 0 Å². The molecule has 0 aliphatic carbocycles. The van der Waals surface area contributed by atoms with Gasteiger partial charge in [0.1, 0.15) is 10.6 Å². The molecule has 0 saturated heterocycles. The summed E-state index contributed by atoms with van der Waals surface area (Å²) in [5, 5.41) is 2.89. The predicted molar refractivity (Wildman–Crippen MR) is 114 cm³/mol. The summed E-state index contributed by atoms with van der Waals surface area (Å²) < 4.78 is 29.4. The van der Waals surface area contributed by atoms with Crippen LogP contribution in [0.5, 0.6) is 0 Å². The lowest BCUT2D eigenvalue weighted by molar-refractivity contribution is 0.101. The van der Waals surface area contributed by atoms with Gasteiger partial charge < -0.3 is 9.88 Å². The number of hydrogen-bond donors (Lipinski definition) is 1. The van der Waals surface area contributed by atoms with Gasteiger partial charge in [-0.25, -0.2) is 8.42 Å². The Balaban J connectivity index is 1.64. The number of carbonyl (C=O) groups excluding carboxylic acids is 1. The molecule has 1 amide bonds. The Kier molecular flexibility index (Phi) is 4.70. The average Bonchev–Trinajstić information content (AvgIpc) is 3.29. The lowest BCUT2D eigenvalue weighted by Gasteiger charge is -2.18. The van der Waals surface area contributed by atoms with Gasteiger partial charge in [-0.3, -0.25) is 9.10 Å². The maximum absolute atomic E-state index is 13.2. The van der Waals surface area contributed by atoms with E-state index in [1.165, 1.54) is 16.6 Å². The number of carbonyl (C=O) groups is 1. The Morgan fingerprint density at radius 1 is 1.07 bits per heavy atom. The molecular formula is C22H23N3O3S. The molecule has 0 atom stereocenters. The number of anilines is 2. The molecule has 2 heterocycles. The standard InChI is InChI=1S/C22H23N3O3S/c1-15-8-9-16(2)19(12-15)23-22(26)21-13-18(14-24(21)3)29(27,28)25-11-10-17-6-4-5-7-20(17)25/h4-9,12-14H,10-11H2,1-3H3,(H,23,26). The number of aryl methyl sites for hydroxylation is 3. The highest BCUT2D eigenvalue weighted by molar-refractivity contribution is 7.92. The first kappa shape index (κ1) is 19.3. The first-order valence-corrected chi connectivity index (χ1v) is 10.9. The number of para-hydroxylation sites is 1. The number of amides is 1. The molecule has 1 N–H and O–H groups in total. The van der Waals surface area contributed by atoms with Crippen LogP contribution in [0.3, 0.4) is 0 Å². The Hall–Kier alpha value is -3.06. The van der Waals surface area contributed by atoms with Gasteiger partial charge in [0.25, 0.3) is 15.9 Å². The summed E-state index contributed by atoms with van der Waals surface area (Å²) in [5.41, 5.74) is 4.71. The first-order chi connectivity index (χ1) is 13.8. The van der Waals surface area contributed by atoms with Crippen LogP contribution in [0.15, 0.2) is 59.6 Å². The lowest BCUT2D eigenvalue weighted by Crippen LogP contribution is -2.28. The van der Waals surface area contributed by atoms with E-state index in [0.29, 0.717) is 24.3 Å². The average molecular weight is 410 g/mol. The van der Waals surface area contributed by atoms with Crippen molar-refractivity contribution in [3.8, 4) is 0 Å². The molecule has 0 bridgehead atoms. The minimum absolute atomic E-state index is 0.114. The molecule has 0 saturated carbocycles. The fraction of sp³-hybridized carbons (Fsp3) is 0.227. The third-order valence-electron chi connectivity index (χ3n) is 5.29. The van der Waals surface area contributed by atoms with Gasteiger partial charge in [-0.15, -0.1) is 0 Å². The predicted octanol–water partition coefficient (Wildman–Crippen LogP) is 3.65. The van der Waals surface area contributed by atoms with Crippen molar-refractivity contribution in [3.63, 3.8) is 0 Å². The fourth-order valence-electron chi connectivity index (χ4n) is 3.64. The topological polar surface area (TPSA) is 71.4 Å². The van der Waals surface area contributed by atoms with Crippen molar-refractivity contribution in [1.82, 2.24) is 4.57 Å². The van der Waals surface area contributed by atoms with Crippen molar-refractivity contribution in [2.45, 2.75) is 25.2 Å². The summed E-state index contributed by atoms with van der Waals surface area (Å²) in [7, 11) is -2.07. The van der Waals surface area contributed by atoms with E-state index in [1.807, 2.05) is 56.3 Å². The molecule has 0 fully saturated rings. The van der Waals surface area contributed by atoms with Gasteiger partial charge in [0, 0.05) is 25.5 Å². The molecule has 0 unspecified atom stereocenters. The normalized spacial score (nSPS) is 13.4. The Morgan fingerprint density at radius 3 is 2.62 bits per heavy atom. The maximum Gasteiger partial charge on any atom is 0.272 e. The van der Waals surface area contributed by atoms with Crippen LogP contribution in [0.4, 0.5) is 11.4 Å². The third-order valence-corrected chi connectivity index (χ3v) is 7.06. The van der Waals surface area contributed by atoms with Gasteiger partial charge in [-0.2, -0.15) is 0 Å². The second-order valence-electron chi connectivity index (χ2n) is 7.40. The quantitative estimate of drug-likeness (QED) is 0.715. The van der Waals surface area contributed by atoms with Crippen LogP contribution >= 0.6 is 0 Å². The number of benzene rings is 2. The van der Waals surface area contributed by atoms with E-state index in [-0.39, 0.29) is 16.5 Å². The number of nitrogens with zero attached hydrogens (tertiary/aromatic N) is 2. The van der Waals surface area contributed by atoms with Gasteiger partial charge in [0.2, 0.25) is 0 Å². The van der Waals surface area contributed by atoms with E-state index in [2.05, 4.69) is 5.32 Å². The van der Waals surface area contributed by atoms with E-state index >= 15 is 0 Å². The van der Waals surface area contributed by atoms with Crippen LogP contribution in [0, 0.1) is 13.8 Å². The number of nitrogens with one attached hydrogen (secondary N) is 1. The summed E-state index contributed by atoms with van der Waals surface area (Å²) in [6, 6.07) is 14.8. The summed E-state index contributed by atoms with van der Waals surface area (Å²) in [6.45, 7) is 4.28. The Bertz CT molecular complexity index is 1210. The lowest BCUT2D eigenvalue weighted by atomic mass is 10.1. The van der Waals surface area contributed by atoms with Crippen LogP contribution < -0.4 is 9.62 Å².